The van der Waals surface area contributed by atoms with E-state index in [1.807, 2.05) is 0 Å². The van der Waals surface area contributed by atoms with E-state index in [0.29, 0.717) is 116 Å². The Labute approximate surface area is 476 Å². The number of esters is 3. The summed E-state index contributed by atoms with van der Waals surface area (Å²) in [5, 5.41) is 10.2. The number of benzene rings is 3. The molecule has 3 aromatic carbocycles. The van der Waals surface area contributed by atoms with Gasteiger partial charge in [-0.25, -0.2) is 19.2 Å². The molecule has 21 nitrogen and oxygen atoms in total. The van der Waals surface area contributed by atoms with E-state index >= 15 is 0 Å². The lowest BCUT2D eigenvalue weighted by atomic mass is 9.97. The molecule has 3 heterocycles. The molecule has 0 radical (unpaired) electrons. The van der Waals surface area contributed by atoms with Gasteiger partial charge in [0, 0.05) is 72.9 Å². The highest BCUT2D eigenvalue weighted by Gasteiger charge is 2.27. The predicted octanol–water partition coefficient (Wildman–Crippen LogP) is 12.0. The zero-order chi connectivity index (χ0) is 59.9. The molecule has 6 aromatic rings. The van der Waals surface area contributed by atoms with E-state index in [9.17, 15) is 33.6 Å². The zero-order valence-electron chi connectivity index (χ0n) is 49.2. The van der Waals surface area contributed by atoms with E-state index < -0.39 is 58.6 Å². The van der Waals surface area contributed by atoms with Gasteiger partial charge >= 0.3 is 41.8 Å². The van der Waals surface area contributed by atoms with Crippen molar-refractivity contribution in [3.8, 4) is 45.6 Å². The fourth-order valence-electron chi connectivity index (χ4n) is 8.92. The van der Waals surface area contributed by atoms with Crippen LogP contribution < -0.4 is 50.0 Å². The quantitative estimate of drug-likeness (QED) is 0.0158. The Bertz CT molecular complexity index is 3340. The lowest BCUT2D eigenvalue weighted by molar-refractivity contribution is -0.135. The first-order valence-electron chi connectivity index (χ1n) is 27.6. The Morgan fingerprint density at radius 3 is 1.35 bits per heavy atom. The minimum Gasteiger partial charge on any atom is -0.493 e. The Kier molecular flexibility index (Phi) is 21.5. The second-order valence-electron chi connectivity index (χ2n) is 22.6. The number of nitrogens with one attached hydrogen (secondary N) is 3. The maximum Gasteiger partial charge on any atom is 0.407 e. The van der Waals surface area contributed by atoms with Crippen LogP contribution in [0.3, 0.4) is 0 Å². The van der Waals surface area contributed by atoms with E-state index in [2.05, 4.69) is 16.0 Å². The van der Waals surface area contributed by atoms with E-state index in [1.54, 1.807) is 115 Å². The fraction of sp³-hybridized carbons (Fsp3) is 0.492. The normalized spacial score (nSPS) is 11.8. The van der Waals surface area contributed by atoms with Crippen molar-refractivity contribution >= 4 is 74.3 Å². The Morgan fingerprint density at radius 1 is 0.476 bits per heavy atom. The molecule has 82 heavy (non-hydrogen) atoms. The summed E-state index contributed by atoms with van der Waals surface area (Å²) in [5.41, 5.74) is -0.755. The van der Waals surface area contributed by atoms with Crippen LogP contribution in [-0.2, 0) is 28.6 Å². The molecule has 0 saturated heterocycles. The van der Waals surface area contributed by atoms with Gasteiger partial charge < -0.3 is 67.4 Å². The van der Waals surface area contributed by atoms with Gasteiger partial charge in [0.25, 0.3) is 0 Å². The van der Waals surface area contributed by atoms with E-state index in [4.69, 9.17) is 47.0 Å². The molecule has 6 rings (SSSR count). The summed E-state index contributed by atoms with van der Waals surface area (Å²) < 4.78 is 58.7. The first kappa shape index (κ1) is 63.0. The molecule has 444 valence electrons. The van der Waals surface area contributed by atoms with Gasteiger partial charge in [-0.15, -0.1) is 0 Å². The molecule has 0 unspecified atom stereocenters. The number of ether oxygens (including phenoxy) is 9. The second-order valence-corrected chi connectivity index (χ2v) is 22.6. The van der Waals surface area contributed by atoms with Crippen molar-refractivity contribution in [3.63, 3.8) is 0 Å². The molecule has 0 spiro atoms. The van der Waals surface area contributed by atoms with E-state index in [1.165, 1.54) is 27.4 Å². The van der Waals surface area contributed by atoms with Crippen molar-refractivity contribution in [1.82, 2.24) is 20.4 Å². The van der Waals surface area contributed by atoms with Crippen LogP contribution in [0.15, 0.2) is 63.9 Å². The Balaban J connectivity index is 1.32. The molecular weight excluding hydrogens is 1060 g/mol. The number of carbonyl (C=O) groups excluding carboxylic acids is 6. The Morgan fingerprint density at radius 2 is 0.902 bits per heavy atom. The van der Waals surface area contributed by atoms with Crippen molar-refractivity contribution in [2.75, 3.05) is 41.0 Å². The Hall–Kier alpha value is -8.23. The summed E-state index contributed by atoms with van der Waals surface area (Å²) in [4.78, 5) is 90.4. The van der Waals surface area contributed by atoms with Gasteiger partial charge in [-0.2, -0.15) is 0 Å². The first-order valence-corrected chi connectivity index (χ1v) is 27.6. The largest absolute Gasteiger partial charge is 0.493 e. The van der Waals surface area contributed by atoms with Gasteiger partial charge in [-0.3, -0.25) is 14.4 Å². The molecule has 0 saturated carbocycles. The third-order valence-corrected chi connectivity index (χ3v) is 12.4. The number of carbonyl (C=O) groups is 6. The average Bonchev–Trinajstić information content (AvgIpc) is 1.72. The van der Waals surface area contributed by atoms with Gasteiger partial charge in [0.05, 0.1) is 26.8 Å². The number of hydrogen-bond donors (Lipinski definition) is 3. The minimum atomic E-state index is -0.721. The summed E-state index contributed by atoms with van der Waals surface area (Å²) in [6.07, 6.45) is 5.70. The second kappa shape index (κ2) is 28.0. The molecule has 3 amide bonds. The van der Waals surface area contributed by atoms with Gasteiger partial charge in [0.1, 0.15) is 27.9 Å². The van der Waals surface area contributed by atoms with E-state index in [0.717, 1.165) is 0 Å². The van der Waals surface area contributed by atoms with Crippen LogP contribution in [0, 0.1) is 0 Å². The number of alkyl carbamates (subject to hydrolysis) is 3. The molecular formula is C61H78N4O17. The average molecular weight is 1140 g/mol. The highest BCUT2D eigenvalue weighted by molar-refractivity contribution is 6.22. The number of amides is 3. The van der Waals surface area contributed by atoms with E-state index in [-0.39, 0.29) is 64.9 Å². The van der Waals surface area contributed by atoms with Gasteiger partial charge in [-0.05, 0) is 148 Å². The number of unbranched alkanes of at least 4 members (excludes halogenated alkanes) is 6. The molecule has 0 aliphatic heterocycles. The molecule has 21 heteroatoms. The fourth-order valence-corrected chi connectivity index (χ4v) is 8.92. The van der Waals surface area contributed by atoms with Gasteiger partial charge in [-0.1, -0.05) is 25.3 Å². The minimum absolute atomic E-state index is 0.0252. The molecule has 0 aliphatic rings. The highest BCUT2D eigenvalue weighted by Crippen LogP contribution is 2.47. The summed E-state index contributed by atoms with van der Waals surface area (Å²) in [7, 11) is 4.32. The van der Waals surface area contributed by atoms with Crippen molar-refractivity contribution in [2.45, 2.75) is 156 Å². The number of nitrogens with zero attached hydrogens (tertiary/aromatic N) is 1. The first-order chi connectivity index (χ1) is 38.8. The molecule has 0 bridgehead atoms. The lowest BCUT2D eigenvalue weighted by Gasteiger charge is -2.19. The van der Waals surface area contributed by atoms with Crippen LogP contribution in [0.2, 0.25) is 0 Å². The lowest BCUT2D eigenvalue weighted by Crippen LogP contribution is -2.33. The van der Waals surface area contributed by atoms with Crippen LogP contribution in [-0.4, -0.2) is 98.4 Å². The molecule has 0 atom stereocenters. The summed E-state index contributed by atoms with van der Waals surface area (Å²) in [6.45, 7) is 17.2. The third-order valence-electron chi connectivity index (χ3n) is 12.4. The number of methoxy groups -OCH3 is 3. The van der Waals surface area contributed by atoms with Crippen molar-refractivity contribution in [1.29, 1.82) is 0 Å². The van der Waals surface area contributed by atoms with Gasteiger partial charge in [0.2, 0.25) is 0 Å². The standard InChI is InChI=1S/C61H78N4O17/c1-59(2,3)80-56(70)62-28-19-13-16-22-48(66)76-41-26-25-38(33-43(41)73-10)51-52-40-35-45(75-12)47(78-50(68)24-18-15-21-30-64-58(72)82-61(7,8)9)36-42(40)79-55(69)54(52)65-31-27-37-32-46(44(74-11)34-39(37)53(51)65)77-49(67)23-17-14-20-29-63-57(71)81-60(4,5)6/h25-27,31-36H,13-24,28-30H2,1-12H3,(H,62,70)(H,63,71)(H,64,72). The number of fused-ring (bicyclic) bond motifs is 7. The SMILES string of the molecule is COc1cc(-c2c3c4cc(OC)c(OC(=O)CCCCCNC(=O)OC(C)(C)C)cc4oc(=O)c3n3ccc4cc(OC(=O)CCCCCNC(=O)OC(C)(C)C)c(OC)cc4c23)ccc1OC(=O)CCCCCNC(=O)OC(C)(C)C. The number of aromatic nitrogens is 1. The van der Waals surface area contributed by atoms with Crippen LogP contribution >= 0.6 is 0 Å². The van der Waals surface area contributed by atoms with Crippen LogP contribution in [0.5, 0.6) is 34.5 Å². The van der Waals surface area contributed by atoms with Crippen LogP contribution in [0.25, 0.3) is 49.3 Å². The maximum absolute atomic E-state index is 14.5. The summed E-state index contributed by atoms with van der Waals surface area (Å²) >= 11 is 0. The molecule has 3 aromatic heterocycles. The van der Waals surface area contributed by atoms with Crippen LogP contribution in [0.1, 0.15) is 139 Å². The number of rotatable bonds is 25. The smallest absolute Gasteiger partial charge is 0.407 e. The summed E-state index contributed by atoms with van der Waals surface area (Å²) in [6, 6.07) is 13.3. The van der Waals surface area contributed by atoms with Gasteiger partial charge in [0.15, 0.2) is 34.5 Å². The van der Waals surface area contributed by atoms with Crippen molar-refractivity contribution in [3.05, 3.63) is 65.1 Å². The molecule has 0 aliphatic carbocycles. The van der Waals surface area contributed by atoms with Crippen molar-refractivity contribution in [2.24, 2.45) is 0 Å². The van der Waals surface area contributed by atoms with Crippen molar-refractivity contribution < 1.29 is 75.8 Å². The monoisotopic (exact) mass is 1140 g/mol. The zero-order valence-corrected chi connectivity index (χ0v) is 49.2. The third kappa shape index (κ3) is 17.9. The number of hydrogen-bond acceptors (Lipinski definition) is 17. The number of pyridine rings is 1. The van der Waals surface area contributed by atoms with Crippen LogP contribution in [0.4, 0.5) is 14.4 Å². The highest BCUT2D eigenvalue weighted by atomic mass is 16.6. The molecule has 3 N–H and O–H groups in total. The predicted molar refractivity (Wildman–Crippen MR) is 309 cm³/mol. The maximum atomic E-state index is 14.5. The topological polar surface area (TPSA) is 256 Å². The summed E-state index contributed by atoms with van der Waals surface area (Å²) in [5.74, 6) is -0.559. The molecule has 0 fully saturated rings.